The van der Waals surface area contributed by atoms with Crippen LogP contribution in [-0.2, 0) is 19.8 Å². The first kappa shape index (κ1) is 16.9. The van der Waals surface area contributed by atoms with E-state index < -0.39 is 5.54 Å². The molecular formula is C17H26N2O3. The standard InChI is InChI=1S/C17H26N2O3/c1-17(18,15-6-4-3-5-7-15)16(20)19-9-8-14(12-19)13-22-11-10-21-2/h3-7,14H,8-13,18H2,1-2H3. The van der Waals surface area contributed by atoms with Gasteiger partial charge >= 0.3 is 0 Å². The molecule has 5 heteroatoms. The van der Waals surface area contributed by atoms with E-state index in [0.717, 1.165) is 18.5 Å². The summed E-state index contributed by atoms with van der Waals surface area (Å²) in [7, 11) is 1.66. The molecule has 0 aromatic heterocycles. The quantitative estimate of drug-likeness (QED) is 0.773. The Bertz CT molecular complexity index is 476. The second-order valence-electron chi connectivity index (χ2n) is 6.04. The molecule has 1 heterocycles. The fourth-order valence-corrected chi connectivity index (χ4v) is 2.78. The summed E-state index contributed by atoms with van der Waals surface area (Å²) in [5.41, 5.74) is 6.18. The first-order valence-corrected chi connectivity index (χ1v) is 7.76. The van der Waals surface area contributed by atoms with Gasteiger partial charge in [0.2, 0.25) is 5.91 Å². The van der Waals surface area contributed by atoms with Crippen molar-refractivity contribution in [3.8, 4) is 0 Å². The summed E-state index contributed by atoms with van der Waals surface area (Å²) < 4.78 is 10.5. The van der Waals surface area contributed by atoms with Gasteiger partial charge in [-0.05, 0) is 18.9 Å². The molecule has 1 aromatic rings. The number of rotatable bonds is 7. The highest BCUT2D eigenvalue weighted by molar-refractivity contribution is 5.87. The second-order valence-corrected chi connectivity index (χ2v) is 6.04. The molecule has 22 heavy (non-hydrogen) atoms. The van der Waals surface area contributed by atoms with Gasteiger partial charge < -0.3 is 20.1 Å². The molecule has 1 aliphatic heterocycles. The molecule has 0 spiro atoms. The number of carbonyl (C=O) groups excluding carboxylic acids is 1. The predicted octanol–water partition coefficient (Wildman–Crippen LogP) is 1.37. The lowest BCUT2D eigenvalue weighted by molar-refractivity contribution is -0.135. The summed E-state index contributed by atoms with van der Waals surface area (Å²) in [6.07, 6.45) is 0.962. The van der Waals surface area contributed by atoms with E-state index in [0.29, 0.717) is 32.3 Å². The van der Waals surface area contributed by atoms with Gasteiger partial charge in [-0.25, -0.2) is 0 Å². The summed E-state index contributed by atoms with van der Waals surface area (Å²) >= 11 is 0. The zero-order chi connectivity index (χ0) is 16.0. The van der Waals surface area contributed by atoms with E-state index in [4.69, 9.17) is 15.2 Å². The van der Waals surface area contributed by atoms with Crippen LogP contribution in [0.25, 0.3) is 0 Å². The van der Waals surface area contributed by atoms with Crippen LogP contribution < -0.4 is 5.73 Å². The summed E-state index contributed by atoms with van der Waals surface area (Å²) in [6, 6.07) is 9.54. The minimum atomic E-state index is -0.979. The maximum absolute atomic E-state index is 12.7. The molecule has 2 rings (SSSR count). The maximum Gasteiger partial charge on any atom is 0.246 e. The Labute approximate surface area is 132 Å². The Kier molecular flexibility index (Phi) is 5.94. The number of benzene rings is 1. The third kappa shape index (κ3) is 4.06. The lowest BCUT2D eigenvalue weighted by Gasteiger charge is -2.29. The van der Waals surface area contributed by atoms with Crippen molar-refractivity contribution in [2.45, 2.75) is 18.9 Å². The van der Waals surface area contributed by atoms with Gasteiger partial charge in [0.05, 0.1) is 19.8 Å². The first-order chi connectivity index (χ1) is 10.6. The third-order valence-electron chi connectivity index (χ3n) is 4.18. The van der Waals surface area contributed by atoms with Crippen LogP contribution >= 0.6 is 0 Å². The highest BCUT2D eigenvalue weighted by atomic mass is 16.5. The van der Waals surface area contributed by atoms with E-state index in [1.165, 1.54) is 0 Å². The maximum atomic E-state index is 12.7. The van der Waals surface area contributed by atoms with Crippen LogP contribution in [0.2, 0.25) is 0 Å². The lowest BCUT2D eigenvalue weighted by Crippen LogP contribution is -2.50. The summed E-state index contributed by atoms with van der Waals surface area (Å²) in [5.74, 6) is 0.366. The average molecular weight is 306 g/mol. The predicted molar refractivity (Wildman–Crippen MR) is 85.4 cm³/mol. The zero-order valence-electron chi connectivity index (χ0n) is 13.5. The molecule has 0 bridgehead atoms. The van der Waals surface area contributed by atoms with Crippen molar-refractivity contribution in [1.82, 2.24) is 4.90 Å². The largest absolute Gasteiger partial charge is 0.382 e. The summed E-state index contributed by atoms with van der Waals surface area (Å²) in [5, 5.41) is 0. The number of nitrogens with zero attached hydrogens (tertiary/aromatic N) is 1. The molecule has 1 aromatic carbocycles. The van der Waals surface area contributed by atoms with Gasteiger partial charge in [0.25, 0.3) is 0 Å². The molecule has 0 radical (unpaired) electrons. The van der Waals surface area contributed by atoms with Gasteiger partial charge in [0.1, 0.15) is 5.54 Å². The van der Waals surface area contributed by atoms with Gasteiger partial charge in [0, 0.05) is 26.1 Å². The number of amides is 1. The Hall–Kier alpha value is -1.43. The van der Waals surface area contributed by atoms with Crippen molar-refractivity contribution >= 4 is 5.91 Å². The molecule has 0 saturated carbocycles. The van der Waals surface area contributed by atoms with E-state index in [2.05, 4.69) is 0 Å². The Balaban J connectivity index is 1.88. The Morgan fingerprint density at radius 1 is 1.36 bits per heavy atom. The van der Waals surface area contributed by atoms with Gasteiger partial charge in [-0.1, -0.05) is 30.3 Å². The molecule has 2 atom stereocenters. The van der Waals surface area contributed by atoms with Crippen LogP contribution in [0.4, 0.5) is 0 Å². The number of carbonyl (C=O) groups is 1. The number of methoxy groups -OCH3 is 1. The third-order valence-corrected chi connectivity index (χ3v) is 4.18. The van der Waals surface area contributed by atoms with Crippen molar-refractivity contribution < 1.29 is 14.3 Å². The van der Waals surface area contributed by atoms with Crippen LogP contribution in [0.15, 0.2) is 30.3 Å². The highest BCUT2D eigenvalue weighted by Gasteiger charge is 2.37. The fraction of sp³-hybridized carbons (Fsp3) is 0.588. The molecule has 0 aliphatic carbocycles. The van der Waals surface area contributed by atoms with E-state index in [-0.39, 0.29) is 5.91 Å². The van der Waals surface area contributed by atoms with Crippen LogP contribution in [0.5, 0.6) is 0 Å². The smallest absolute Gasteiger partial charge is 0.246 e. The van der Waals surface area contributed by atoms with Crippen LogP contribution in [0.3, 0.4) is 0 Å². The fourth-order valence-electron chi connectivity index (χ4n) is 2.78. The first-order valence-electron chi connectivity index (χ1n) is 7.76. The molecule has 5 nitrogen and oxygen atoms in total. The van der Waals surface area contributed by atoms with E-state index in [1.807, 2.05) is 35.2 Å². The van der Waals surface area contributed by atoms with Crippen LogP contribution in [-0.4, -0.2) is 50.8 Å². The summed E-state index contributed by atoms with van der Waals surface area (Å²) in [4.78, 5) is 14.6. The molecule has 2 N–H and O–H groups in total. The number of hydrogen-bond donors (Lipinski definition) is 1. The number of likely N-dealkylation sites (tertiary alicyclic amines) is 1. The van der Waals surface area contributed by atoms with Crippen LogP contribution in [0, 0.1) is 5.92 Å². The zero-order valence-corrected chi connectivity index (χ0v) is 13.5. The van der Waals surface area contributed by atoms with Gasteiger partial charge in [0.15, 0.2) is 0 Å². The second kappa shape index (κ2) is 7.72. The minimum Gasteiger partial charge on any atom is -0.382 e. The molecule has 2 unspecified atom stereocenters. The van der Waals surface area contributed by atoms with E-state index in [1.54, 1.807) is 14.0 Å². The Morgan fingerprint density at radius 2 is 2.09 bits per heavy atom. The molecule has 1 amide bonds. The molecular weight excluding hydrogens is 280 g/mol. The van der Waals surface area contributed by atoms with E-state index >= 15 is 0 Å². The van der Waals surface area contributed by atoms with Crippen molar-refractivity contribution in [1.29, 1.82) is 0 Å². The minimum absolute atomic E-state index is 0.0157. The van der Waals surface area contributed by atoms with Gasteiger partial charge in [-0.15, -0.1) is 0 Å². The number of hydrogen-bond acceptors (Lipinski definition) is 4. The average Bonchev–Trinajstić information content (AvgIpc) is 3.00. The van der Waals surface area contributed by atoms with Crippen molar-refractivity contribution in [2.75, 3.05) is 40.0 Å². The topological polar surface area (TPSA) is 64.8 Å². The van der Waals surface area contributed by atoms with Gasteiger partial charge in [-0.2, -0.15) is 0 Å². The van der Waals surface area contributed by atoms with Gasteiger partial charge in [-0.3, -0.25) is 4.79 Å². The number of nitrogens with two attached hydrogens (primary N) is 1. The molecule has 1 fully saturated rings. The molecule has 1 saturated heterocycles. The SMILES string of the molecule is COCCOCC1CCN(C(=O)C(C)(N)c2ccccc2)C1. The van der Waals surface area contributed by atoms with Crippen LogP contribution in [0.1, 0.15) is 18.9 Å². The molecule has 1 aliphatic rings. The monoisotopic (exact) mass is 306 g/mol. The van der Waals surface area contributed by atoms with Crippen molar-refractivity contribution in [2.24, 2.45) is 11.7 Å². The molecule has 122 valence electrons. The van der Waals surface area contributed by atoms with Crippen molar-refractivity contribution in [3.63, 3.8) is 0 Å². The van der Waals surface area contributed by atoms with E-state index in [9.17, 15) is 4.79 Å². The van der Waals surface area contributed by atoms with Crippen molar-refractivity contribution in [3.05, 3.63) is 35.9 Å². The number of ether oxygens (including phenoxy) is 2. The normalized spacial score (nSPS) is 20.9. The Morgan fingerprint density at radius 3 is 2.77 bits per heavy atom. The highest BCUT2D eigenvalue weighted by Crippen LogP contribution is 2.25. The summed E-state index contributed by atoms with van der Waals surface area (Å²) in [6.45, 7) is 5.11. The lowest BCUT2D eigenvalue weighted by atomic mass is 9.92.